The van der Waals surface area contributed by atoms with Gasteiger partial charge in [0, 0.05) is 5.33 Å². The molecule has 4 rings (SSSR count). The molecule has 0 unspecified atom stereocenters. The molecule has 25 heavy (non-hydrogen) atoms. The number of fused-ring (bicyclic) bond motifs is 1. The summed E-state index contributed by atoms with van der Waals surface area (Å²) in [5.41, 5.74) is 10.8. The third-order valence-corrected chi connectivity index (χ3v) is 6.36. The van der Waals surface area contributed by atoms with Gasteiger partial charge in [-0.2, -0.15) is 0 Å². The SMILES string of the molecule is Cc1ccc2c(c1)CC(c1ccccc1CCBr)=C2C1CCCCC1. The van der Waals surface area contributed by atoms with Crippen LogP contribution in [0, 0.1) is 12.8 Å². The fourth-order valence-corrected chi connectivity index (χ4v) is 5.24. The van der Waals surface area contributed by atoms with E-state index in [2.05, 4.69) is 65.3 Å². The lowest BCUT2D eigenvalue weighted by molar-refractivity contribution is 0.430. The van der Waals surface area contributed by atoms with Gasteiger partial charge in [-0.05, 0) is 71.9 Å². The second kappa shape index (κ2) is 7.50. The fourth-order valence-electron chi connectivity index (χ4n) is 4.81. The molecule has 0 spiro atoms. The maximum Gasteiger partial charge on any atom is 0.00720 e. The lowest BCUT2D eigenvalue weighted by Gasteiger charge is -2.26. The van der Waals surface area contributed by atoms with Crippen LogP contribution >= 0.6 is 15.9 Å². The van der Waals surface area contributed by atoms with Gasteiger partial charge in [0.1, 0.15) is 0 Å². The first kappa shape index (κ1) is 17.1. The lowest BCUT2D eigenvalue weighted by Crippen LogP contribution is -2.09. The summed E-state index contributed by atoms with van der Waals surface area (Å²) in [6, 6.07) is 16.2. The van der Waals surface area contributed by atoms with Gasteiger partial charge in [-0.25, -0.2) is 0 Å². The molecule has 2 aliphatic carbocycles. The van der Waals surface area contributed by atoms with Crippen LogP contribution in [0.3, 0.4) is 0 Å². The quantitative estimate of drug-likeness (QED) is 0.490. The molecule has 2 aromatic rings. The van der Waals surface area contributed by atoms with E-state index in [1.54, 1.807) is 22.3 Å². The van der Waals surface area contributed by atoms with E-state index in [9.17, 15) is 0 Å². The summed E-state index contributed by atoms with van der Waals surface area (Å²) >= 11 is 3.64. The van der Waals surface area contributed by atoms with E-state index in [1.807, 2.05) is 0 Å². The van der Waals surface area contributed by atoms with Crippen molar-refractivity contribution in [3.05, 3.63) is 70.3 Å². The Hall–Kier alpha value is -1.34. The monoisotopic (exact) mass is 394 g/mol. The van der Waals surface area contributed by atoms with Gasteiger partial charge in [0.25, 0.3) is 0 Å². The molecule has 0 saturated heterocycles. The molecular formula is C24H27Br. The van der Waals surface area contributed by atoms with E-state index in [-0.39, 0.29) is 0 Å². The van der Waals surface area contributed by atoms with Crippen LogP contribution in [-0.2, 0) is 12.8 Å². The molecule has 1 heteroatoms. The van der Waals surface area contributed by atoms with E-state index in [1.165, 1.54) is 48.8 Å². The summed E-state index contributed by atoms with van der Waals surface area (Å²) in [6.45, 7) is 2.22. The van der Waals surface area contributed by atoms with Crippen LogP contribution in [0.1, 0.15) is 59.9 Å². The largest absolute Gasteiger partial charge is 0.0924 e. The molecule has 0 aliphatic heterocycles. The maximum absolute atomic E-state index is 3.64. The van der Waals surface area contributed by atoms with Gasteiger partial charge in [-0.1, -0.05) is 83.2 Å². The van der Waals surface area contributed by atoms with Crippen LogP contribution in [0.15, 0.2) is 42.5 Å². The van der Waals surface area contributed by atoms with Gasteiger partial charge < -0.3 is 0 Å². The van der Waals surface area contributed by atoms with Gasteiger partial charge in [0.15, 0.2) is 0 Å². The van der Waals surface area contributed by atoms with Crippen molar-refractivity contribution in [2.24, 2.45) is 5.92 Å². The molecule has 0 nitrogen and oxygen atoms in total. The zero-order chi connectivity index (χ0) is 17.2. The van der Waals surface area contributed by atoms with Crippen molar-refractivity contribution in [3.63, 3.8) is 0 Å². The van der Waals surface area contributed by atoms with Crippen LogP contribution in [0.5, 0.6) is 0 Å². The van der Waals surface area contributed by atoms with E-state index in [0.717, 1.165) is 24.1 Å². The highest BCUT2D eigenvalue weighted by Gasteiger charge is 2.30. The molecule has 0 atom stereocenters. The van der Waals surface area contributed by atoms with E-state index >= 15 is 0 Å². The van der Waals surface area contributed by atoms with Crippen molar-refractivity contribution in [1.82, 2.24) is 0 Å². The molecule has 130 valence electrons. The first-order chi connectivity index (χ1) is 12.3. The standard InChI is InChI=1S/C24H27Br/c1-17-11-12-22-20(15-17)16-23(24(22)19-8-3-2-4-9-19)21-10-6-5-7-18(21)13-14-25/h5-7,10-12,15,19H,2-4,8-9,13-14,16H2,1H3. The van der Waals surface area contributed by atoms with Crippen molar-refractivity contribution < 1.29 is 0 Å². The smallest absolute Gasteiger partial charge is 0.00720 e. The highest BCUT2D eigenvalue weighted by molar-refractivity contribution is 9.09. The Morgan fingerprint density at radius 2 is 1.76 bits per heavy atom. The zero-order valence-corrected chi connectivity index (χ0v) is 16.7. The Kier molecular flexibility index (Phi) is 5.12. The minimum Gasteiger partial charge on any atom is -0.0924 e. The van der Waals surface area contributed by atoms with E-state index in [0.29, 0.717) is 0 Å². The number of hydrogen-bond acceptors (Lipinski definition) is 0. The number of aryl methyl sites for hydroxylation is 2. The average molecular weight is 395 g/mol. The molecule has 1 saturated carbocycles. The fraction of sp³-hybridized carbons (Fsp3) is 0.417. The number of alkyl halides is 1. The molecular weight excluding hydrogens is 368 g/mol. The summed E-state index contributed by atoms with van der Waals surface area (Å²) in [5.74, 6) is 0.754. The predicted molar refractivity (Wildman–Crippen MR) is 112 cm³/mol. The Bertz CT molecular complexity index is 793. The molecule has 2 aromatic carbocycles. The van der Waals surface area contributed by atoms with Crippen molar-refractivity contribution in [1.29, 1.82) is 0 Å². The van der Waals surface area contributed by atoms with Crippen LogP contribution in [-0.4, -0.2) is 5.33 Å². The van der Waals surface area contributed by atoms with Gasteiger partial charge in [0.2, 0.25) is 0 Å². The molecule has 0 aromatic heterocycles. The second-order valence-corrected chi connectivity index (χ2v) is 8.45. The Morgan fingerprint density at radius 1 is 0.960 bits per heavy atom. The van der Waals surface area contributed by atoms with Gasteiger partial charge in [-0.15, -0.1) is 0 Å². The number of rotatable bonds is 4. The van der Waals surface area contributed by atoms with Crippen LogP contribution in [0.2, 0.25) is 0 Å². The highest BCUT2D eigenvalue weighted by atomic mass is 79.9. The second-order valence-electron chi connectivity index (χ2n) is 7.66. The summed E-state index contributed by atoms with van der Waals surface area (Å²) in [7, 11) is 0. The number of allylic oxidation sites excluding steroid dienone is 2. The van der Waals surface area contributed by atoms with Crippen LogP contribution in [0.4, 0.5) is 0 Å². The summed E-state index contributed by atoms with van der Waals surface area (Å²) in [4.78, 5) is 0. The van der Waals surface area contributed by atoms with Crippen molar-refractivity contribution in [2.75, 3.05) is 5.33 Å². The molecule has 0 N–H and O–H groups in total. The van der Waals surface area contributed by atoms with Crippen molar-refractivity contribution in [3.8, 4) is 0 Å². The Balaban J connectivity index is 1.85. The highest BCUT2D eigenvalue weighted by Crippen LogP contribution is 2.47. The maximum atomic E-state index is 3.64. The van der Waals surface area contributed by atoms with Crippen LogP contribution in [0.25, 0.3) is 11.1 Å². The number of benzene rings is 2. The molecule has 1 fully saturated rings. The number of halogens is 1. The molecule has 0 bridgehead atoms. The predicted octanol–water partition coefficient (Wildman–Crippen LogP) is 6.98. The van der Waals surface area contributed by atoms with Crippen molar-refractivity contribution in [2.45, 2.75) is 51.9 Å². The molecule has 0 amide bonds. The zero-order valence-electron chi connectivity index (χ0n) is 15.2. The minimum absolute atomic E-state index is 0.754. The number of hydrogen-bond donors (Lipinski definition) is 0. The summed E-state index contributed by atoms with van der Waals surface area (Å²) < 4.78 is 0. The van der Waals surface area contributed by atoms with Gasteiger partial charge in [0.05, 0.1) is 0 Å². The Labute approximate surface area is 160 Å². The first-order valence-electron chi connectivity index (χ1n) is 9.75. The van der Waals surface area contributed by atoms with Gasteiger partial charge >= 0.3 is 0 Å². The summed E-state index contributed by atoms with van der Waals surface area (Å²) in [5, 5.41) is 1.03. The Morgan fingerprint density at radius 3 is 2.56 bits per heavy atom. The summed E-state index contributed by atoms with van der Waals surface area (Å²) in [6.07, 6.45) is 9.16. The van der Waals surface area contributed by atoms with Gasteiger partial charge in [-0.3, -0.25) is 0 Å². The van der Waals surface area contributed by atoms with Crippen molar-refractivity contribution >= 4 is 27.1 Å². The van der Waals surface area contributed by atoms with E-state index in [4.69, 9.17) is 0 Å². The topological polar surface area (TPSA) is 0 Å². The van der Waals surface area contributed by atoms with Crippen LogP contribution < -0.4 is 0 Å². The molecule has 0 heterocycles. The molecule has 2 aliphatic rings. The average Bonchev–Trinajstić information content (AvgIpc) is 3.01. The molecule has 0 radical (unpaired) electrons. The third-order valence-electron chi connectivity index (χ3n) is 5.96. The lowest BCUT2D eigenvalue weighted by atomic mass is 9.79. The third kappa shape index (κ3) is 3.36. The first-order valence-corrected chi connectivity index (χ1v) is 10.9. The minimum atomic E-state index is 0.754. The normalized spacial score (nSPS) is 17.8. The van der Waals surface area contributed by atoms with E-state index < -0.39 is 0 Å².